The summed E-state index contributed by atoms with van der Waals surface area (Å²) in [5.74, 6) is 0.827. The van der Waals surface area contributed by atoms with Crippen molar-refractivity contribution in [2.75, 3.05) is 19.8 Å². The first-order valence-electron chi connectivity index (χ1n) is 21.6. The van der Waals surface area contributed by atoms with E-state index in [0.717, 1.165) is 29.4 Å². The zero-order chi connectivity index (χ0) is 44.4. The maximum absolute atomic E-state index is 13.7. The Hall–Kier alpha value is -5.46. The summed E-state index contributed by atoms with van der Waals surface area (Å²) < 4.78 is 15.8. The van der Waals surface area contributed by atoms with Gasteiger partial charge in [-0.1, -0.05) is 13.0 Å². The maximum Gasteiger partial charge on any atom is 0.220 e. The van der Waals surface area contributed by atoms with Crippen molar-refractivity contribution >= 4 is 38.6 Å². The number of aliphatic hydroxyl groups excluding tert-OH is 4. The summed E-state index contributed by atoms with van der Waals surface area (Å²) in [4.78, 5) is 41.9. The van der Waals surface area contributed by atoms with Gasteiger partial charge in [-0.25, -0.2) is 9.78 Å². The maximum atomic E-state index is 13.7. The molecule has 3 aromatic carbocycles. The van der Waals surface area contributed by atoms with Gasteiger partial charge in [-0.15, -0.1) is 0 Å². The second-order valence-corrected chi connectivity index (χ2v) is 17.7. The number of nitrogens with zero attached hydrogens (tertiary/aromatic N) is 1. The first-order valence-corrected chi connectivity index (χ1v) is 21.6. The summed E-state index contributed by atoms with van der Waals surface area (Å²) in [5.41, 5.74) is 0.0921. The Morgan fingerprint density at radius 2 is 1.83 bits per heavy atom. The fourth-order valence-corrected chi connectivity index (χ4v) is 10.3. The Balaban J connectivity index is 1.12. The highest BCUT2D eigenvalue weighted by Crippen LogP contribution is 2.51. The molecular weight excluding hydrogens is 815 g/mol. The molecule has 2 fully saturated rings. The molecule has 9 rings (SSSR count). The number of hydrogen-bond donors (Lipinski definition) is 9. The quantitative estimate of drug-likeness (QED) is 0.0592. The summed E-state index contributed by atoms with van der Waals surface area (Å²) in [6.07, 6.45) is 0.351. The van der Waals surface area contributed by atoms with Crippen LogP contribution in [-0.2, 0) is 33.8 Å². The lowest BCUT2D eigenvalue weighted by molar-refractivity contribution is -0.374. The van der Waals surface area contributed by atoms with Gasteiger partial charge in [-0.2, -0.15) is 0 Å². The fraction of sp³-hybridized carbons (Fsp3) is 0.447. The molecule has 1 spiro atoms. The van der Waals surface area contributed by atoms with E-state index in [9.17, 15) is 45.3 Å². The van der Waals surface area contributed by atoms with E-state index in [1.165, 1.54) is 36.4 Å². The fourth-order valence-electron chi connectivity index (χ4n) is 10.3. The van der Waals surface area contributed by atoms with Crippen LogP contribution in [0.2, 0.25) is 0 Å². The number of phenols is 2. The van der Waals surface area contributed by atoms with E-state index in [1.54, 1.807) is 13.0 Å². The number of benzene rings is 3. The molecule has 5 heterocycles. The number of aromatic nitrogens is 2. The number of ether oxygens (including phenoxy) is 1. The van der Waals surface area contributed by atoms with Crippen molar-refractivity contribution in [1.82, 2.24) is 14.9 Å². The Labute approximate surface area is 361 Å². The van der Waals surface area contributed by atoms with Crippen LogP contribution >= 0.6 is 0 Å². The third kappa shape index (κ3) is 7.62. The number of aliphatic hydroxyl groups is 5. The number of H-pyrrole nitrogens is 1. The molecule has 1 saturated heterocycles. The first-order chi connectivity index (χ1) is 30.2. The van der Waals surface area contributed by atoms with Gasteiger partial charge in [-0.05, 0) is 98.2 Å². The van der Waals surface area contributed by atoms with Crippen LogP contribution in [0.15, 0.2) is 70.1 Å². The SMILES string of the molecule is CCc1c2cc[nH]c2cn1-c1c2c(cc3c(=O)cc(C)oc13)CC(OOCC(O)(Cc1ccc(O)c3ccc(O)cc13)C(O)C(O)C(O)CO)C1(CCCC(C3CNC(=O)C3)C1)O2. The Morgan fingerprint density at radius 3 is 2.59 bits per heavy atom. The largest absolute Gasteiger partial charge is 0.508 e. The lowest BCUT2D eigenvalue weighted by atomic mass is 9.68. The van der Waals surface area contributed by atoms with Crippen molar-refractivity contribution in [3.8, 4) is 22.9 Å². The number of aromatic amines is 1. The number of carbonyl (C=O) groups excluding carboxylic acids is 1. The van der Waals surface area contributed by atoms with Crippen LogP contribution in [0, 0.1) is 18.8 Å². The second kappa shape index (κ2) is 16.6. The standard InChI is InChI=1S/C47H53N3O13/c1-3-35-31-10-12-48-34(31)21-50(35)41-43-27(14-33-37(54)13-24(2)61-44(33)41)15-39(47(62-43)11-4-5-25(19-47)28-16-40(56)49-20-28)63-60-23-46(59,45(58)42(57)38(55)22-51)18-26-6-9-36(53)30-8-7-29(52)17-32(26)30/h6-10,12-14,17,21,25,28,38-39,42,45,48,51-53,55,57-59H,3-5,11,15-16,18-20,22-23H2,1-2H3,(H,49,56). The van der Waals surface area contributed by atoms with Crippen LogP contribution in [0.25, 0.3) is 38.3 Å². The van der Waals surface area contributed by atoms with E-state index in [4.69, 9.17) is 18.9 Å². The molecule has 8 atom stereocenters. The average molecular weight is 868 g/mol. The van der Waals surface area contributed by atoms with E-state index in [1.807, 2.05) is 23.0 Å². The minimum absolute atomic E-state index is 0.0109. The molecule has 1 amide bonds. The smallest absolute Gasteiger partial charge is 0.220 e. The van der Waals surface area contributed by atoms with Gasteiger partial charge in [0.25, 0.3) is 0 Å². The van der Waals surface area contributed by atoms with Gasteiger partial charge >= 0.3 is 0 Å². The highest BCUT2D eigenvalue weighted by Gasteiger charge is 2.53. The zero-order valence-corrected chi connectivity index (χ0v) is 35.0. The molecule has 0 radical (unpaired) electrons. The van der Waals surface area contributed by atoms with Crippen LogP contribution in [0.5, 0.6) is 17.2 Å². The van der Waals surface area contributed by atoms with E-state index < -0.39 is 55.3 Å². The first kappa shape index (κ1) is 42.8. The van der Waals surface area contributed by atoms with Gasteiger partial charge in [-0.3, -0.25) is 9.59 Å². The Morgan fingerprint density at radius 1 is 1.00 bits per heavy atom. The summed E-state index contributed by atoms with van der Waals surface area (Å²) in [6.45, 7) is 2.63. The molecule has 3 aliphatic rings. The summed E-state index contributed by atoms with van der Waals surface area (Å²) in [6, 6.07) is 12.4. The number of nitrogens with one attached hydrogen (secondary N) is 2. The highest BCUT2D eigenvalue weighted by molar-refractivity contribution is 5.93. The molecule has 9 N–H and O–H groups in total. The normalized spacial score (nSPS) is 23.7. The lowest BCUT2D eigenvalue weighted by Gasteiger charge is -2.49. The van der Waals surface area contributed by atoms with Crippen molar-refractivity contribution in [3.63, 3.8) is 0 Å². The molecule has 0 bridgehead atoms. The van der Waals surface area contributed by atoms with Crippen LogP contribution in [0.4, 0.5) is 0 Å². The summed E-state index contributed by atoms with van der Waals surface area (Å²) in [5, 5.41) is 80.8. The van der Waals surface area contributed by atoms with Crippen molar-refractivity contribution in [1.29, 1.82) is 0 Å². The van der Waals surface area contributed by atoms with E-state index in [0.29, 0.717) is 82.3 Å². The van der Waals surface area contributed by atoms with Crippen LogP contribution in [-0.4, -0.2) is 107 Å². The monoisotopic (exact) mass is 867 g/mol. The predicted molar refractivity (Wildman–Crippen MR) is 230 cm³/mol. The van der Waals surface area contributed by atoms with E-state index in [-0.39, 0.29) is 41.1 Å². The number of phenolic OH excluding ortho intramolecular Hbond substituents is 2. The van der Waals surface area contributed by atoms with E-state index >= 15 is 0 Å². The lowest BCUT2D eigenvalue weighted by Crippen LogP contribution is -2.58. The molecule has 334 valence electrons. The van der Waals surface area contributed by atoms with Crippen LogP contribution in [0.1, 0.15) is 61.6 Å². The number of rotatable bonds is 13. The molecule has 3 aromatic heterocycles. The van der Waals surface area contributed by atoms with Gasteiger partial charge in [0.2, 0.25) is 5.91 Å². The van der Waals surface area contributed by atoms with Gasteiger partial charge in [0, 0.05) is 66.3 Å². The Bertz CT molecular complexity index is 2760. The number of amides is 1. The molecule has 6 aromatic rings. The number of hydrogen-bond acceptors (Lipinski definition) is 13. The van der Waals surface area contributed by atoms with Gasteiger partial charge in [0.15, 0.2) is 16.8 Å². The van der Waals surface area contributed by atoms with Gasteiger partial charge < -0.3 is 59.8 Å². The van der Waals surface area contributed by atoms with Crippen molar-refractivity contribution in [2.45, 2.75) is 101 Å². The molecule has 2 aliphatic heterocycles. The van der Waals surface area contributed by atoms with Gasteiger partial charge in [0.1, 0.15) is 65.2 Å². The topological polar surface area (TPSA) is 249 Å². The number of aromatic hydroxyl groups is 2. The third-order valence-corrected chi connectivity index (χ3v) is 13.6. The predicted octanol–water partition coefficient (Wildman–Crippen LogP) is 3.87. The summed E-state index contributed by atoms with van der Waals surface area (Å²) >= 11 is 0. The molecule has 8 unspecified atom stereocenters. The minimum Gasteiger partial charge on any atom is -0.508 e. The Kier molecular flexibility index (Phi) is 11.3. The molecule has 1 saturated carbocycles. The number of aryl methyl sites for hydroxylation is 2. The summed E-state index contributed by atoms with van der Waals surface area (Å²) in [7, 11) is 0. The molecular formula is C47H53N3O13. The molecule has 16 nitrogen and oxygen atoms in total. The molecule has 16 heteroatoms. The second-order valence-electron chi connectivity index (χ2n) is 17.7. The van der Waals surface area contributed by atoms with Gasteiger partial charge in [0.05, 0.1) is 17.5 Å². The zero-order valence-electron chi connectivity index (χ0n) is 35.0. The third-order valence-electron chi connectivity index (χ3n) is 13.6. The van der Waals surface area contributed by atoms with Crippen molar-refractivity contribution < 1.29 is 59.5 Å². The van der Waals surface area contributed by atoms with Crippen LogP contribution < -0.4 is 15.5 Å². The van der Waals surface area contributed by atoms with E-state index in [2.05, 4.69) is 17.2 Å². The van der Waals surface area contributed by atoms with Crippen molar-refractivity contribution in [3.05, 3.63) is 93.7 Å². The highest BCUT2D eigenvalue weighted by atomic mass is 17.2. The minimum atomic E-state index is -2.40. The number of carbonyl (C=O) groups is 1. The van der Waals surface area contributed by atoms with Crippen LogP contribution in [0.3, 0.4) is 0 Å². The average Bonchev–Trinajstić information content (AvgIpc) is 4.00. The molecule has 1 aliphatic carbocycles. The number of fused-ring (bicyclic) bond motifs is 4. The van der Waals surface area contributed by atoms with Crippen molar-refractivity contribution in [2.24, 2.45) is 11.8 Å². The molecule has 63 heavy (non-hydrogen) atoms.